The summed E-state index contributed by atoms with van der Waals surface area (Å²) in [6.45, 7) is 1.31. The van der Waals surface area contributed by atoms with Gasteiger partial charge in [0, 0.05) is 30.1 Å². The Morgan fingerprint density at radius 1 is 1.35 bits per heavy atom. The fourth-order valence-corrected chi connectivity index (χ4v) is 4.62. The molecule has 2 aromatic rings. The number of hydrogen-bond donors (Lipinski definition) is 2. The molecule has 1 aliphatic carbocycles. The van der Waals surface area contributed by atoms with Gasteiger partial charge in [0.25, 0.3) is 0 Å². The summed E-state index contributed by atoms with van der Waals surface area (Å²) in [5.41, 5.74) is 11.2. The van der Waals surface area contributed by atoms with E-state index in [1.54, 1.807) is 10.8 Å². The molecule has 1 saturated carbocycles. The first-order valence-electron chi connectivity index (χ1n) is 10.3. The first-order chi connectivity index (χ1) is 15.1. The van der Waals surface area contributed by atoms with E-state index < -0.39 is 6.04 Å². The Kier molecular flexibility index (Phi) is 4.07. The number of hydrogen-bond acceptors (Lipinski definition) is 7. The van der Waals surface area contributed by atoms with Gasteiger partial charge in [0.2, 0.25) is 11.2 Å². The van der Waals surface area contributed by atoms with E-state index in [-0.39, 0.29) is 17.1 Å². The molecule has 3 aliphatic heterocycles. The van der Waals surface area contributed by atoms with Gasteiger partial charge in [-0.3, -0.25) is 4.79 Å². The molecule has 5 heterocycles. The fourth-order valence-electron chi connectivity index (χ4n) is 4.45. The Morgan fingerprint density at radius 2 is 2.23 bits per heavy atom. The van der Waals surface area contributed by atoms with Crippen molar-refractivity contribution in [3.63, 3.8) is 0 Å². The molecule has 1 atom stereocenters. The summed E-state index contributed by atoms with van der Waals surface area (Å²) in [6.07, 6.45) is 8.29. The quantitative estimate of drug-likeness (QED) is 0.736. The van der Waals surface area contributed by atoms with Crippen LogP contribution in [0.5, 0.6) is 0 Å². The van der Waals surface area contributed by atoms with Crippen molar-refractivity contribution >= 4 is 29.0 Å². The molecule has 0 aromatic carbocycles. The van der Waals surface area contributed by atoms with E-state index >= 15 is 0 Å². The van der Waals surface area contributed by atoms with Crippen LogP contribution in [0.3, 0.4) is 0 Å². The van der Waals surface area contributed by atoms with Gasteiger partial charge < -0.3 is 20.7 Å². The van der Waals surface area contributed by atoms with Crippen molar-refractivity contribution < 1.29 is 9.53 Å². The van der Waals surface area contributed by atoms with Crippen LogP contribution < -0.4 is 11.1 Å². The molecule has 158 valence electrons. The predicted octanol–water partition coefficient (Wildman–Crippen LogP) is 1.71. The maximum atomic E-state index is 12.0. The highest BCUT2D eigenvalue weighted by molar-refractivity contribution is 6.28. The first-order valence-corrected chi connectivity index (χ1v) is 10.6. The van der Waals surface area contributed by atoms with Crippen molar-refractivity contribution in [2.45, 2.75) is 25.3 Å². The molecule has 31 heavy (non-hydrogen) atoms. The van der Waals surface area contributed by atoms with E-state index in [1.165, 1.54) is 5.57 Å². The minimum absolute atomic E-state index is 0.206. The number of nitrogens with one attached hydrogen (secondary N) is 1. The average molecular weight is 438 g/mol. The number of nitrogens with two attached hydrogens (primary N) is 1. The van der Waals surface area contributed by atoms with E-state index in [0.717, 1.165) is 54.2 Å². The zero-order valence-corrected chi connectivity index (χ0v) is 17.3. The number of aliphatic imine (C=N–C) groups is 1. The van der Waals surface area contributed by atoms with Gasteiger partial charge in [-0.1, -0.05) is 0 Å². The molecule has 0 bridgehead atoms. The molecule has 9 nitrogen and oxygen atoms in total. The number of nitrogens with zero attached hydrogens (tertiary/aromatic N) is 5. The number of amides is 1. The molecular weight excluding hydrogens is 418 g/mol. The van der Waals surface area contributed by atoms with E-state index in [9.17, 15) is 4.79 Å². The van der Waals surface area contributed by atoms with Crippen molar-refractivity contribution in [1.82, 2.24) is 24.8 Å². The molecule has 0 spiro atoms. The van der Waals surface area contributed by atoms with Crippen LogP contribution in [-0.2, 0) is 9.53 Å². The number of halogens is 1. The number of pyridine rings is 1. The summed E-state index contributed by atoms with van der Waals surface area (Å²) >= 11 is 5.94. The third-order valence-electron chi connectivity index (χ3n) is 6.09. The van der Waals surface area contributed by atoms with Crippen LogP contribution in [-0.4, -0.2) is 50.4 Å². The number of ether oxygens (including phenoxy) is 1. The van der Waals surface area contributed by atoms with Crippen molar-refractivity contribution in [2.75, 3.05) is 13.2 Å². The normalized spacial score (nSPS) is 21.1. The summed E-state index contributed by atoms with van der Waals surface area (Å²) in [6, 6.07) is 3.43. The molecule has 1 fully saturated rings. The van der Waals surface area contributed by atoms with Gasteiger partial charge in [0.05, 0.1) is 11.4 Å². The van der Waals surface area contributed by atoms with Crippen molar-refractivity contribution in [1.29, 1.82) is 0 Å². The minimum Gasteiger partial charge on any atom is -0.495 e. The highest BCUT2D eigenvalue weighted by atomic mass is 35.5. The Bertz CT molecular complexity index is 1240. The third-order valence-corrected chi connectivity index (χ3v) is 6.25. The van der Waals surface area contributed by atoms with Crippen LogP contribution in [0.25, 0.3) is 5.65 Å². The molecule has 1 amide bonds. The number of fused-ring (bicyclic) bond motifs is 1. The monoisotopic (exact) mass is 437 g/mol. The molecule has 10 heteroatoms. The second-order valence-electron chi connectivity index (χ2n) is 8.15. The van der Waals surface area contributed by atoms with E-state index in [0.29, 0.717) is 12.3 Å². The molecule has 1 unspecified atom stereocenters. The lowest BCUT2D eigenvalue weighted by atomic mass is 10.0. The number of amidine groups is 1. The predicted molar refractivity (Wildman–Crippen MR) is 114 cm³/mol. The zero-order chi connectivity index (χ0) is 21.1. The summed E-state index contributed by atoms with van der Waals surface area (Å²) in [5.74, 6) is 0.766. The first kappa shape index (κ1) is 18.4. The number of carbonyl (C=O) groups excluding carboxylic acids is 1. The van der Waals surface area contributed by atoms with Gasteiger partial charge in [-0.25, -0.2) is 9.51 Å². The second kappa shape index (κ2) is 6.84. The Morgan fingerprint density at radius 3 is 3.03 bits per heavy atom. The summed E-state index contributed by atoms with van der Waals surface area (Å²) in [7, 11) is 0. The average Bonchev–Trinajstić information content (AvgIpc) is 3.42. The highest BCUT2D eigenvalue weighted by Gasteiger charge is 2.39. The van der Waals surface area contributed by atoms with E-state index in [2.05, 4.69) is 20.3 Å². The summed E-state index contributed by atoms with van der Waals surface area (Å²) in [4.78, 5) is 23.1. The van der Waals surface area contributed by atoms with Gasteiger partial charge in [0.15, 0.2) is 5.65 Å². The van der Waals surface area contributed by atoms with Crippen molar-refractivity contribution in [3.05, 3.63) is 64.2 Å². The minimum atomic E-state index is -0.405. The molecule has 0 saturated heterocycles. The molecule has 6 rings (SSSR count). The van der Waals surface area contributed by atoms with Gasteiger partial charge in [-0.05, 0) is 54.5 Å². The van der Waals surface area contributed by atoms with Crippen molar-refractivity contribution in [2.24, 2.45) is 16.6 Å². The Labute approximate surface area is 182 Å². The number of carbonyl (C=O) groups is 1. The summed E-state index contributed by atoms with van der Waals surface area (Å²) in [5, 5.41) is 7.74. The van der Waals surface area contributed by atoms with Crippen LogP contribution in [0.1, 0.15) is 24.8 Å². The van der Waals surface area contributed by atoms with E-state index in [4.69, 9.17) is 27.1 Å². The standard InChI is InChI=1S/C21H20ClN7O2/c22-21-26-16-4-3-12(8-29(16)27-21)20-24-7-14-15(25-17(19(23)30)11-1-2-11)10-31-9-13-5-6-28(20)18(13)14/h3-4,7-8,10-11,17,25H,1-2,5-6,9H2,(H2,23,30). The smallest absolute Gasteiger partial charge is 0.243 e. The van der Waals surface area contributed by atoms with Crippen LogP contribution in [0.4, 0.5) is 0 Å². The zero-order valence-electron chi connectivity index (χ0n) is 16.6. The number of primary amides is 1. The highest BCUT2D eigenvalue weighted by Crippen LogP contribution is 2.39. The van der Waals surface area contributed by atoms with E-state index in [1.807, 2.05) is 24.5 Å². The lowest BCUT2D eigenvalue weighted by molar-refractivity contribution is -0.120. The third kappa shape index (κ3) is 3.07. The second-order valence-corrected chi connectivity index (χ2v) is 8.49. The number of rotatable bonds is 5. The maximum Gasteiger partial charge on any atom is 0.243 e. The fraction of sp³-hybridized carbons (Fsp3) is 0.333. The molecule has 4 aliphatic rings. The molecular formula is C21H20ClN7O2. The van der Waals surface area contributed by atoms with Crippen LogP contribution in [0.2, 0.25) is 5.28 Å². The van der Waals surface area contributed by atoms with Gasteiger partial charge in [-0.2, -0.15) is 4.98 Å². The molecule has 0 radical (unpaired) electrons. The van der Waals surface area contributed by atoms with Crippen LogP contribution in [0.15, 0.2) is 58.3 Å². The largest absolute Gasteiger partial charge is 0.495 e. The van der Waals surface area contributed by atoms with Gasteiger partial charge in [0.1, 0.15) is 24.7 Å². The topological polar surface area (TPSA) is 110 Å². The van der Waals surface area contributed by atoms with Crippen LogP contribution >= 0.6 is 11.6 Å². The van der Waals surface area contributed by atoms with Crippen LogP contribution in [0, 0.1) is 5.92 Å². The van der Waals surface area contributed by atoms with Crippen molar-refractivity contribution in [3.8, 4) is 0 Å². The van der Waals surface area contributed by atoms with Gasteiger partial charge in [-0.15, -0.1) is 5.10 Å². The lowest BCUT2D eigenvalue weighted by Crippen LogP contribution is -2.43. The molecule has 3 N–H and O–H groups in total. The Balaban J connectivity index is 1.40. The Hall–Kier alpha value is -3.33. The maximum absolute atomic E-state index is 12.0. The molecule has 2 aromatic heterocycles. The SMILES string of the molecule is NC(=O)C(NC1=COCC2=C3C1=CN=C(c1ccc4nc(Cl)nn4c1)N3CC2)C1CC1. The number of aromatic nitrogens is 3. The van der Waals surface area contributed by atoms with Gasteiger partial charge >= 0.3 is 0 Å². The lowest BCUT2D eigenvalue weighted by Gasteiger charge is -2.30. The summed E-state index contributed by atoms with van der Waals surface area (Å²) < 4.78 is 7.48.